The Kier molecular flexibility index (Phi) is 7.33. The smallest absolute Gasteiger partial charge is 0.319 e. The minimum atomic E-state index is -0.212. The number of rotatable bonds is 6. The van der Waals surface area contributed by atoms with Crippen LogP contribution in [0.3, 0.4) is 0 Å². The van der Waals surface area contributed by atoms with E-state index in [4.69, 9.17) is 0 Å². The van der Waals surface area contributed by atoms with E-state index in [1.807, 2.05) is 24.3 Å². The Hall–Kier alpha value is -2.86. The van der Waals surface area contributed by atoms with Crippen LogP contribution >= 0.6 is 0 Å². The van der Waals surface area contributed by atoms with Gasteiger partial charge in [-0.2, -0.15) is 0 Å². The van der Waals surface area contributed by atoms with Gasteiger partial charge in [0.2, 0.25) is 5.91 Å². The third-order valence-corrected chi connectivity index (χ3v) is 5.86. The predicted molar refractivity (Wildman–Crippen MR) is 125 cm³/mol. The second-order valence-corrected chi connectivity index (χ2v) is 9.32. The number of amides is 3. The summed E-state index contributed by atoms with van der Waals surface area (Å²) < 4.78 is 0. The number of hydrogen-bond acceptors (Lipinski definition) is 3. The molecule has 3 rings (SSSR count). The maximum absolute atomic E-state index is 12.7. The minimum Gasteiger partial charge on any atom is -0.359 e. The summed E-state index contributed by atoms with van der Waals surface area (Å²) in [6.07, 6.45) is 1.37. The van der Waals surface area contributed by atoms with Crippen LogP contribution in [-0.4, -0.2) is 43.0 Å². The van der Waals surface area contributed by atoms with Gasteiger partial charge in [0.15, 0.2) is 0 Å². The lowest BCUT2D eigenvalue weighted by molar-refractivity contribution is -0.119. The molecule has 0 spiro atoms. The Labute approximate surface area is 185 Å². The Morgan fingerprint density at radius 2 is 1.71 bits per heavy atom. The molecule has 0 saturated heterocycles. The van der Waals surface area contributed by atoms with E-state index in [2.05, 4.69) is 65.9 Å². The Balaban J connectivity index is 1.58. The molecule has 3 amide bonds. The highest BCUT2D eigenvalue weighted by molar-refractivity contribution is 5.89. The first-order valence-electron chi connectivity index (χ1n) is 10.9. The van der Waals surface area contributed by atoms with Crippen LogP contribution in [0.25, 0.3) is 0 Å². The fourth-order valence-corrected chi connectivity index (χ4v) is 3.81. The largest absolute Gasteiger partial charge is 0.359 e. The zero-order chi connectivity index (χ0) is 22.4. The molecule has 1 aliphatic heterocycles. The number of likely N-dealkylation sites (N-methyl/N-ethyl adjacent to an activating group) is 1. The monoisotopic (exact) mass is 422 g/mol. The second-order valence-electron chi connectivity index (χ2n) is 9.32. The van der Waals surface area contributed by atoms with Crippen molar-refractivity contribution in [3.63, 3.8) is 0 Å². The lowest BCUT2D eigenvalue weighted by Crippen LogP contribution is -2.52. The third kappa shape index (κ3) is 6.56. The lowest BCUT2D eigenvalue weighted by atomic mass is 9.86. The first-order chi connectivity index (χ1) is 14.7. The molecule has 6 nitrogen and oxygen atoms in total. The van der Waals surface area contributed by atoms with Crippen LogP contribution in [0.15, 0.2) is 48.5 Å². The molecule has 0 bridgehead atoms. The van der Waals surface area contributed by atoms with E-state index in [1.54, 1.807) is 7.05 Å². The molecule has 1 atom stereocenters. The summed E-state index contributed by atoms with van der Waals surface area (Å²) in [6.45, 7) is 9.19. The van der Waals surface area contributed by atoms with Gasteiger partial charge in [-0.05, 0) is 40.7 Å². The van der Waals surface area contributed by atoms with E-state index in [9.17, 15) is 9.59 Å². The third-order valence-electron chi connectivity index (χ3n) is 5.86. The lowest BCUT2D eigenvalue weighted by Gasteiger charge is -2.37. The number of carbonyl (C=O) groups is 2. The summed E-state index contributed by atoms with van der Waals surface area (Å²) in [4.78, 5) is 26.6. The van der Waals surface area contributed by atoms with Crippen molar-refractivity contribution in [1.29, 1.82) is 0 Å². The highest BCUT2D eigenvalue weighted by atomic mass is 16.2. The first kappa shape index (κ1) is 22.8. The van der Waals surface area contributed by atoms with Crippen molar-refractivity contribution in [2.24, 2.45) is 5.41 Å². The molecule has 2 aromatic carbocycles. The van der Waals surface area contributed by atoms with Crippen molar-refractivity contribution >= 4 is 17.6 Å². The van der Waals surface area contributed by atoms with E-state index in [-0.39, 0.29) is 23.4 Å². The fraction of sp³-hybridized carbons (Fsp3) is 0.440. The normalized spacial score (nSPS) is 15.0. The molecule has 31 heavy (non-hydrogen) atoms. The first-order valence-corrected chi connectivity index (χ1v) is 10.9. The van der Waals surface area contributed by atoms with Crippen LogP contribution in [0.5, 0.6) is 0 Å². The molecule has 0 saturated carbocycles. The molecule has 0 radical (unpaired) electrons. The number of urea groups is 1. The van der Waals surface area contributed by atoms with E-state index in [0.717, 1.165) is 31.6 Å². The topological polar surface area (TPSA) is 73.5 Å². The van der Waals surface area contributed by atoms with Gasteiger partial charge in [-0.25, -0.2) is 4.79 Å². The fourth-order valence-electron chi connectivity index (χ4n) is 3.81. The highest BCUT2D eigenvalue weighted by Gasteiger charge is 2.29. The van der Waals surface area contributed by atoms with Crippen molar-refractivity contribution in [2.45, 2.75) is 46.2 Å². The number of benzene rings is 2. The van der Waals surface area contributed by atoms with Gasteiger partial charge in [-0.1, -0.05) is 57.2 Å². The van der Waals surface area contributed by atoms with E-state index in [0.29, 0.717) is 12.1 Å². The van der Waals surface area contributed by atoms with Crippen molar-refractivity contribution in [1.82, 2.24) is 15.5 Å². The number of nitrogens with one attached hydrogen (secondary N) is 3. The van der Waals surface area contributed by atoms with Gasteiger partial charge in [-0.15, -0.1) is 0 Å². The van der Waals surface area contributed by atoms with Crippen molar-refractivity contribution in [3.8, 4) is 0 Å². The Bertz CT molecular complexity index is 902. The number of hydrogen-bond donors (Lipinski definition) is 3. The summed E-state index contributed by atoms with van der Waals surface area (Å²) >= 11 is 0. The highest BCUT2D eigenvalue weighted by Crippen LogP contribution is 2.24. The van der Waals surface area contributed by atoms with Crippen molar-refractivity contribution in [2.75, 3.05) is 25.5 Å². The zero-order valence-electron chi connectivity index (χ0n) is 19.0. The number of carbonyl (C=O) groups excluding carboxylic acids is 2. The molecule has 0 fully saturated rings. The molecular formula is C25H34N4O2. The van der Waals surface area contributed by atoms with Crippen LogP contribution in [-0.2, 0) is 24.2 Å². The van der Waals surface area contributed by atoms with Crippen LogP contribution in [0.1, 0.15) is 37.5 Å². The maximum atomic E-state index is 12.7. The number of nitrogens with zero attached hydrogens (tertiary/aromatic N) is 1. The molecule has 1 heterocycles. The molecule has 0 aliphatic carbocycles. The maximum Gasteiger partial charge on any atom is 0.319 e. The number of fused-ring (bicyclic) bond motifs is 1. The molecule has 2 aromatic rings. The molecule has 3 N–H and O–H groups in total. The molecular weight excluding hydrogens is 388 g/mol. The summed E-state index contributed by atoms with van der Waals surface area (Å²) in [5.41, 5.74) is 4.34. The van der Waals surface area contributed by atoms with Gasteiger partial charge >= 0.3 is 6.03 Å². The van der Waals surface area contributed by atoms with E-state index in [1.165, 1.54) is 11.1 Å². The average molecular weight is 423 g/mol. The van der Waals surface area contributed by atoms with Crippen LogP contribution in [0, 0.1) is 5.41 Å². The minimum absolute atomic E-state index is 0.00489. The van der Waals surface area contributed by atoms with Crippen LogP contribution < -0.4 is 16.0 Å². The van der Waals surface area contributed by atoms with Gasteiger partial charge in [0, 0.05) is 38.4 Å². The summed E-state index contributed by atoms with van der Waals surface area (Å²) in [5, 5.41) is 8.71. The summed E-state index contributed by atoms with van der Waals surface area (Å²) in [7, 11) is 1.62. The SMILES string of the molecule is CNC(=O)Cc1ccc(NC(=O)NC(CN2CCc3ccccc3C2)C(C)(C)C)cc1. The molecule has 166 valence electrons. The van der Waals surface area contributed by atoms with Gasteiger partial charge in [-0.3, -0.25) is 9.69 Å². The van der Waals surface area contributed by atoms with Crippen molar-refractivity contribution < 1.29 is 9.59 Å². The Morgan fingerprint density at radius 1 is 1.03 bits per heavy atom. The Morgan fingerprint density at radius 3 is 2.35 bits per heavy atom. The molecule has 1 unspecified atom stereocenters. The second kappa shape index (κ2) is 9.96. The zero-order valence-corrected chi connectivity index (χ0v) is 19.0. The summed E-state index contributed by atoms with van der Waals surface area (Å²) in [5.74, 6) is -0.0354. The van der Waals surface area contributed by atoms with E-state index >= 15 is 0 Å². The van der Waals surface area contributed by atoms with Crippen molar-refractivity contribution in [3.05, 3.63) is 65.2 Å². The van der Waals surface area contributed by atoms with Gasteiger partial charge in [0.1, 0.15) is 0 Å². The van der Waals surface area contributed by atoms with Gasteiger partial charge in [0.25, 0.3) is 0 Å². The molecule has 0 aromatic heterocycles. The van der Waals surface area contributed by atoms with Gasteiger partial charge < -0.3 is 16.0 Å². The summed E-state index contributed by atoms with van der Waals surface area (Å²) in [6, 6.07) is 15.8. The van der Waals surface area contributed by atoms with E-state index < -0.39 is 0 Å². The quantitative estimate of drug-likeness (QED) is 0.666. The number of anilines is 1. The molecule has 1 aliphatic rings. The average Bonchev–Trinajstić information content (AvgIpc) is 2.74. The predicted octanol–water partition coefficient (Wildman–Crippen LogP) is 3.57. The van der Waals surface area contributed by atoms with Crippen LogP contribution in [0.4, 0.5) is 10.5 Å². The van der Waals surface area contributed by atoms with Crippen LogP contribution in [0.2, 0.25) is 0 Å². The molecule has 6 heteroatoms. The standard InChI is InChI=1S/C25H34N4O2/c1-25(2,3)22(17-29-14-13-19-7-5-6-8-20(19)16-29)28-24(31)27-21-11-9-18(10-12-21)15-23(30)26-4/h5-12,22H,13-17H2,1-4H3,(H,26,30)(H2,27,28,31). The van der Waals surface area contributed by atoms with Gasteiger partial charge in [0.05, 0.1) is 6.42 Å².